The van der Waals surface area contributed by atoms with E-state index in [1.807, 2.05) is 0 Å². The quantitative estimate of drug-likeness (QED) is 0.156. The number of benzene rings is 6. The molecule has 0 bridgehead atoms. The Morgan fingerprint density at radius 1 is 0.633 bits per heavy atom. The first-order valence-corrected chi connectivity index (χ1v) is 22.7. The molecule has 0 spiro atoms. The Balaban J connectivity index is 1.19. The molecule has 6 aromatic carbocycles. The first kappa shape index (κ1) is 38.5. The Bertz CT molecular complexity index is 2700. The molecule has 10 rings (SSSR count). The lowest BCUT2D eigenvalue weighted by Gasteiger charge is -2.32. The van der Waals surface area contributed by atoms with E-state index in [9.17, 15) is 0 Å². The average Bonchev–Trinajstić information content (AvgIpc) is 3.52. The normalized spacial score (nSPS) is 19.6. The molecule has 0 amide bonds. The zero-order valence-corrected chi connectivity index (χ0v) is 36.2. The standard InChI is InChI=1S/C59H59N/c1-58(2,3)44-35-38-46(40-19-8-6-9-20-40)55(39-44)60(45-36-33-42(34-37-45)48-28-18-31-53-57(48)51-26-12-14-30-52(51)59(53,4)5)54-32-15-13-25-49(54)50-29-17-24-43-23-16-27-47(56(43)50)41-21-10-7-11-22-41/h8,12-20,23-39,41,51-52H,6-7,9-11,21-22H2,1-5H3. The summed E-state index contributed by atoms with van der Waals surface area (Å²) in [5, 5.41) is 2.75. The zero-order chi connectivity index (χ0) is 41.0. The number of nitrogens with zero attached hydrogens (tertiary/aromatic N) is 1. The van der Waals surface area contributed by atoms with Crippen molar-refractivity contribution in [1.82, 2.24) is 0 Å². The van der Waals surface area contributed by atoms with Crippen LogP contribution in [0.1, 0.15) is 119 Å². The molecule has 2 unspecified atom stereocenters. The van der Waals surface area contributed by atoms with Crippen LogP contribution in [0.15, 0.2) is 164 Å². The first-order valence-electron chi connectivity index (χ1n) is 22.7. The third-order valence-corrected chi connectivity index (χ3v) is 14.4. The van der Waals surface area contributed by atoms with Crippen LogP contribution in [0.4, 0.5) is 17.1 Å². The van der Waals surface area contributed by atoms with Gasteiger partial charge in [0.05, 0.1) is 11.4 Å². The van der Waals surface area contributed by atoms with E-state index in [0.717, 1.165) is 18.5 Å². The number of fused-ring (bicyclic) bond motifs is 4. The maximum absolute atomic E-state index is 2.58. The second-order valence-corrected chi connectivity index (χ2v) is 19.4. The molecule has 1 saturated carbocycles. The molecule has 1 fully saturated rings. The maximum Gasteiger partial charge on any atom is 0.0543 e. The Morgan fingerprint density at radius 3 is 2.15 bits per heavy atom. The van der Waals surface area contributed by atoms with Gasteiger partial charge in [-0.1, -0.05) is 193 Å². The summed E-state index contributed by atoms with van der Waals surface area (Å²) in [4.78, 5) is 2.58. The summed E-state index contributed by atoms with van der Waals surface area (Å²) in [6, 6.07) is 47.0. The summed E-state index contributed by atoms with van der Waals surface area (Å²) in [6.45, 7) is 11.9. The molecule has 0 heterocycles. The van der Waals surface area contributed by atoms with Crippen molar-refractivity contribution in [1.29, 1.82) is 0 Å². The molecule has 0 radical (unpaired) electrons. The second kappa shape index (κ2) is 15.4. The van der Waals surface area contributed by atoms with E-state index in [1.165, 1.54) is 110 Å². The summed E-state index contributed by atoms with van der Waals surface area (Å²) in [5.74, 6) is 1.45. The van der Waals surface area contributed by atoms with Crippen molar-refractivity contribution in [3.05, 3.63) is 192 Å². The summed E-state index contributed by atoms with van der Waals surface area (Å²) in [6.07, 6.45) is 25.2. The van der Waals surface area contributed by atoms with Crippen molar-refractivity contribution in [2.45, 2.75) is 102 Å². The van der Waals surface area contributed by atoms with Gasteiger partial charge in [-0.15, -0.1) is 0 Å². The van der Waals surface area contributed by atoms with Crippen molar-refractivity contribution in [3.8, 4) is 22.3 Å². The lowest BCUT2D eigenvalue weighted by molar-refractivity contribution is 0.394. The predicted molar refractivity (Wildman–Crippen MR) is 258 cm³/mol. The summed E-state index contributed by atoms with van der Waals surface area (Å²) < 4.78 is 0. The van der Waals surface area contributed by atoms with Crippen molar-refractivity contribution >= 4 is 33.4 Å². The van der Waals surface area contributed by atoms with Crippen LogP contribution in [0.25, 0.3) is 38.6 Å². The van der Waals surface area contributed by atoms with Gasteiger partial charge in [0.1, 0.15) is 0 Å². The summed E-state index contributed by atoms with van der Waals surface area (Å²) in [5.41, 5.74) is 17.2. The van der Waals surface area contributed by atoms with Crippen molar-refractivity contribution in [2.24, 2.45) is 5.92 Å². The van der Waals surface area contributed by atoms with Gasteiger partial charge in [0.25, 0.3) is 0 Å². The predicted octanol–water partition coefficient (Wildman–Crippen LogP) is 16.8. The molecule has 300 valence electrons. The molecule has 4 aliphatic rings. The molecule has 4 aliphatic carbocycles. The van der Waals surface area contributed by atoms with Gasteiger partial charge in [0.2, 0.25) is 0 Å². The van der Waals surface area contributed by atoms with Gasteiger partial charge in [-0.05, 0) is 128 Å². The fourth-order valence-corrected chi connectivity index (χ4v) is 11.2. The Kier molecular flexibility index (Phi) is 9.91. The van der Waals surface area contributed by atoms with Gasteiger partial charge in [-0.3, -0.25) is 0 Å². The van der Waals surface area contributed by atoms with Gasteiger partial charge < -0.3 is 4.90 Å². The van der Waals surface area contributed by atoms with Crippen molar-refractivity contribution in [2.75, 3.05) is 4.90 Å². The molecule has 2 atom stereocenters. The number of hydrogen-bond donors (Lipinski definition) is 0. The third-order valence-electron chi connectivity index (χ3n) is 14.4. The Labute approximate surface area is 358 Å². The molecule has 6 aromatic rings. The van der Waals surface area contributed by atoms with E-state index >= 15 is 0 Å². The minimum atomic E-state index is -0.0221. The molecule has 1 heteroatoms. The highest BCUT2D eigenvalue weighted by Crippen LogP contribution is 2.56. The lowest BCUT2D eigenvalue weighted by atomic mass is 9.74. The maximum atomic E-state index is 2.58. The van der Waals surface area contributed by atoms with E-state index in [1.54, 1.807) is 0 Å². The van der Waals surface area contributed by atoms with E-state index in [0.29, 0.717) is 17.8 Å². The van der Waals surface area contributed by atoms with Crippen LogP contribution in [-0.2, 0) is 10.8 Å². The fourth-order valence-electron chi connectivity index (χ4n) is 11.2. The minimum absolute atomic E-state index is 0.0221. The monoisotopic (exact) mass is 781 g/mol. The largest absolute Gasteiger partial charge is 0.309 e. The molecule has 0 N–H and O–H groups in total. The van der Waals surface area contributed by atoms with Gasteiger partial charge in [0.15, 0.2) is 0 Å². The highest BCUT2D eigenvalue weighted by atomic mass is 15.1. The zero-order valence-electron chi connectivity index (χ0n) is 36.2. The third kappa shape index (κ3) is 6.71. The molecule has 0 aromatic heterocycles. The van der Waals surface area contributed by atoms with Crippen LogP contribution in [0.5, 0.6) is 0 Å². The lowest BCUT2D eigenvalue weighted by Crippen LogP contribution is -2.24. The van der Waals surface area contributed by atoms with Crippen molar-refractivity contribution < 1.29 is 0 Å². The molecular formula is C59H59N. The number of anilines is 3. The number of hydrogen-bond acceptors (Lipinski definition) is 1. The second-order valence-electron chi connectivity index (χ2n) is 19.4. The minimum Gasteiger partial charge on any atom is -0.309 e. The van der Waals surface area contributed by atoms with Crippen LogP contribution in [-0.4, -0.2) is 0 Å². The van der Waals surface area contributed by atoms with E-state index in [4.69, 9.17) is 0 Å². The van der Waals surface area contributed by atoms with Crippen LogP contribution in [0, 0.1) is 5.92 Å². The molecule has 0 aliphatic heterocycles. The van der Waals surface area contributed by atoms with E-state index < -0.39 is 0 Å². The first-order chi connectivity index (χ1) is 29.2. The van der Waals surface area contributed by atoms with E-state index in [2.05, 4.69) is 203 Å². The molecular weight excluding hydrogens is 723 g/mol. The Hall–Kier alpha value is -5.66. The SMILES string of the molecule is CC(C)(C)c1ccc(C2=CCCC=C2)c(N(c2ccc(-c3cccc4c3C3C=CC=CC3C4(C)C)cc2)c2ccccc2-c2cccc3cccc(C4CCCCC4)c23)c1. The summed E-state index contributed by atoms with van der Waals surface area (Å²) >= 11 is 0. The number of allylic oxidation sites excluding steroid dienone is 8. The smallest absolute Gasteiger partial charge is 0.0543 e. The van der Waals surface area contributed by atoms with Crippen LogP contribution >= 0.6 is 0 Å². The number of para-hydroxylation sites is 1. The van der Waals surface area contributed by atoms with Crippen molar-refractivity contribution in [3.63, 3.8) is 0 Å². The summed E-state index contributed by atoms with van der Waals surface area (Å²) in [7, 11) is 0. The van der Waals surface area contributed by atoms with Gasteiger partial charge >= 0.3 is 0 Å². The Morgan fingerprint density at radius 2 is 1.37 bits per heavy atom. The van der Waals surface area contributed by atoms with E-state index in [-0.39, 0.29) is 10.8 Å². The topological polar surface area (TPSA) is 3.24 Å². The highest BCUT2D eigenvalue weighted by molar-refractivity contribution is 6.04. The highest BCUT2D eigenvalue weighted by Gasteiger charge is 2.45. The van der Waals surface area contributed by atoms with Crippen LogP contribution in [0.2, 0.25) is 0 Å². The van der Waals surface area contributed by atoms with Gasteiger partial charge in [0, 0.05) is 22.7 Å². The van der Waals surface area contributed by atoms with Gasteiger partial charge in [-0.25, -0.2) is 0 Å². The molecule has 0 saturated heterocycles. The van der Waals surface area contributed by atoms with Gasteiger partial charge in [-0.2, -0.15) is 0 Å². The van der Waals surface area contributed by atoms with Crippen LogP contribution < -0.4 is 4.90 Å². The van der Waals surface area contributed by atoms with Crippen LogP contribution in [0.3, 0.4) is 0 Å². The average molecular weight is 782 g/mol. The molecule has 60 heavy (non-hydrogen) atoms. The molecule has 1 nitrogen and oxygen atoms in total. The fraction of sp³-hybridized carbons (Fsp3) is 0.288. The number of rotatable bonds is 7.